The summed E-state index contributed by atoms with van der Waals surface area (Å²) in [7, 11) is 1.74. The number of Topliss-reactive ketones (excluding diaryl/α,β-unsaturated/α-hetero) is 1. The van der Waals surface area contributed by atoms with Gasteiger partial charge in [0, 0.05) is 37.2 Å². The Bertz CT molecular complexity index is 479. The topological polar surface area (TPSA) is 34.5 Å². The summed E-state index contributed by atoms with van der Waals surface area (Å²) < 4.78 is 7.40. The molecule has 4 nitrogen and oxygen atoms in total. The number of likely N-dealkylation sites (tertiary alicyclic amines) is 1. The van der Waals surface area contributed by atoms with Crippen molar-refractivity contribution in [1.82, 2.24) is 9.47 Å². The van der Waals surface area contributed by atoms with Gasteiger partial charge in [0.05, 0.1) is 13.2 Å². The summed E-state index contributed by atoms with van der Waals surface area (Å²) in [5, 5.41) is 0. The van der Waals surface area contributed by atoms with Crippen molar-refractivity contribution < 1.29 is 9.53 Å². The molecule has 0 amide bonds. The zero-order chi connectivity index (χ0) is 14.7. The lowest BCUT2D eigenvalue weighted by molar-refractivity contribution is 0.0936. The third kappa shape index (κ3) is 3.13. The number of carbonyl (C=O) groups excluding carboxylic acids is 1. The maximum absolute atomic E-state index is 12.5. The van der Waals surface area contributed by atoms with Crippen molar-refractivity contribution in [2.75, 3.05) is 33.4 Å². The van der Waals surface area contributed by atoms with Crippen LogP contribution in [-0.2, 0) is 11.3 Å². The highest BCUT2D eigenvalue weighted by Gasteiger charge is 2.25. The molecule has 2 heterocycles. The largest absolute Gasteiger partial charge is 0.384 e. The third-order valence-electron chi connectivity index (χ3n) is 4.33. The molecule has 1 aromatic heterocycles. The van der Waals surface area contributed by atoms with Crippen LogP contribution in [0.5, 0.6) is 0 Å². The zero-order valence-electron chi connectivity index (χ0n) is 13.1. The van der Waals surface area contributed by atoms with Crippen molar-refractivity contribution >= 4 is 5.78 Å². The lowest BCUT2D eigenvalue weighted by atomic mass is 10.1. The Morgan fingerprint density at radius 2 is 2.20 bits per heavy atom. The van der Waals surface area contributed by atoms with Crippen LogP contribution in [-0.4, -0.2) is 48.6 Å². The molecule has 0 spiro atoms. The lowest BCUT2D eigenvalue weighted by Gasteiger charge is -2.15. The molecular weight excluding hydrogens is 252 g/mol. The molecule has 1 atom stereocenters. The van der Waals surface area contributed by atoms with Gasteiger partial charge >= 0.3 is 0 Å². The average molecular weight is 278 g/mol. The smallest absolute Gasteiger partial charge is 0.178 e. The minimum absolute atomic E-state index is 0.246. The van der Waals surface area contributed by atoms with Gasteiger partial charge in [-0.15, -0.1) is 0 Å². The molecule has 1 fully saturated rings. The second-order valence-electron chi connectivity index (χ2n) is 5.80. The number of hydrogen-bond donors (Lipinski definition) is 0. The molecule has 20 heavy (non-hydrogen) atoms. The average Bonchev–Trinajstić information content (AvgIpc) is 2.95. The number of nitrogens with zero attached hydrogens (tertiary/aromatic N) is 2. The summed E-state index contributed by atoms with van der Waals surface area (Å²) in [6, 6.07) is 2.03. The first kappa shape index (κ1) is 15.3. The number of ether oxygens (including phenoxy) is 1. The molecule has 4 heteroatoms. The molecule has 1 aliphatic rings. The second kappa shape index (κ2) is 6.55. The molecule has 0 bridgehead atoms. The van der Waals surface area contributed by atoms with Gasteiger partial charge in [-0.1, -0.05) is 0 Å². The first-order valence-electron chi connectivity index (χ1n) is 7.48. The summed E-state index contributed by atoms with van der Waals surface area (Å²) in [6.07, 6.45) is 1.13. The van der Waals surface area contributed by atoms with Crippen LogP contribution in [0.3, 0.4) is 0 Å². The summed E-state index contributed by atoms with van der Waals surface area (Å²) >= 11 is 0. The minimum atomic E-state index is 0.246. The number of hydrogen-bond acceptors (Lipinski definition) is 3. The van der Waals surface area contributed by atoms with Gasteiger partial charge in [0.2, 0.25) is 0 Å². The van der Waals surface area contributed by atoms with Crippen molar-refractivity contribution in [2.45, 2.75) is 33.7 Å². The fraction of sp³-hybridized carbons (Fsp3) is 0.688. The Morgan fingerprint density at radius 1 is 1.45 bits per heavy atom. The lowest BCUT2D eigenvalue weighted by Crippen LogP contribution is -2.28. The van der Waals surface area contributed by atoms with Gasteiger partial charge in [-0.05, 0) is 45.7 Å². The van der Waals surface area contributed by atoms with Crippen LogP contribution in [0.15, 0.2) is 6.07 Å². The first-order valence-corrected chi connectivity index (χ1v) is 7.48. The van der Waals surface area contributed by atoms with E-state index >= 15 is 0 Å². The molecule has 0 radical (unpaired) electrons. The highest BCUT2D eigenvalue weighted by molar-refractivity contribution is 5.99. The van der Waals surface area contributed by atoms with Gasteiger partial charge in [-0.25, -0.2) is 0 Å². The van der Waals surface area contributed by atoms with E-state index in [0.717, 1.165) is 43.9 Å². The van der Waals surface area contributed by atoms with E-state index in [0.29, 0.717) is 12.5 Å². The summed E-state index contributed by atoms with van der Waals surface area (Å²) in [5.74, 6) is 0.826. The van der Waals surface area contributed by atoms with E-state index in [1.807, 2.05) is 13.0 Å². The molecule has 112 valence electrons. The number of carbonyl (C=O) groups is 1. The summed E-state index contributed by atoms with van der Waals surface area (Å²) in [5.41, 5.74) is 3.16. The fourth-order valence-corrected chi connectivity index (χ4v) is 3.29. The molecule has 0 saturated carbocycles. The van der Waals surface area contributed by atoms with Crippen molar-refractivity contribution in [1.29, 1.82) is 0 Å². The van der Waals surface area contributed by atoms with E-state index in [4.69, 9.17) is 4.74 Å². The molecule has 1 saturated heterocycles. The summed E-state index contributed by atoms with van der Waals surface area (Å²) in [6.45, 7) is 10.5. The number of methoxy groups -OCH3 is 1. The molecule has 0 aliphatic carbocycles. The fourth-order valence-electron chi connectivity index (χ4n) is 3.29. The van der Waals surface area contributed by atoms with Crippen LogP contribution in [0, 0.1) is 19.8 Å². The van der Waals surface area contributed by atoms with E-state index in [1.54, 1.807) is 7.11 Å². The number of aryl methyl sites for hydroxylation is 1. The monoisotopic (exact) mass is 278 g/mol. The maximum Gasteiger partial charge on any atom is 0.178 e. The number of rotatable bonds is 6. The van der Waals surface area contributed by atoms with Crippen LogP contribution in [0.1, 0.15) is 35.1 Å². The predicted octanol–water partition coefficient (Wildman–Crippen LogP) is 2.28. The summed E-state index contributed by atoms with van der Waals surface area (Å²) in [4.78, 5) is 14.7. The van der Waals surface area contributed by atoms with Gasteiger partial charge in [0.1, 0.15) is 0 Å². The highest BCUT2D eigenvalue weighted by Crippen LogP contribution is 2.19. The van der Waals surface area contributed by atoms with E-state index < -0.39 is 0 Å². The minimum Gasteiger partial charge on any atom is -0.384 e. The van der Waals surface area contributed by atoms with Crippen molar-refractivity contribution in [3.8, 4) is 0 Å². The zero-order valence-corrected chi connectivity index (χ0v) is 13.1. The van der Waals surface area contributed by atoms with E-state index in [2.05, 4.69) is 23.3 Å². The molecule has 1 aromatic rings. The van der Waals surface area contributed by atoms with Gasteiger partial charge in [0.15, 0.2) is 5.78 Å². The van der Waals surface area contributed by atoms with Crippen LogP contribution < -0.4 is 0 Å². The Kier molecular flexibility index (Phi) is 5.00. The molecule has 1 unspecified atom stereocenters. The standard InChI is InChI=1S/C16H26N2O2/c1-5-18-12(2)8-15(13(18)3)16(19)10-17-7-6-14(9-17)11-20-4/h8,14H,5-7,9-11H2,1-4H3. The Balaban J connectivity index is 1.99. The number of ketones is 1. The Labute approximate surface area is 121 Å². The molecular formula is C16H26N2O2. The Hall–Kier alpha value is -1.13. The molecule has 2 rings (SSSR count). The SMILES string of the molecule is CCn1c(C)cc(C(=O)CN2CCC(COC)C2)c1C. The van der Waals surface area contributed by atoms with E-state index in [-0.39, 0.29) is 5.78 Å². The molecule has 0 N–H and O–H groups in total. The normalized spacial score (nSPS) is 19.7. The van der Waals surface area contributed by atoms with Crippen molar-refractivity contribution in [3.63, 3.8) is 0 Å². The van der Waals surface area contributed by atoms with Gasteiger partial charge in [0.25, 0.3) is 0 Å². The molecule has 1 aliphatic heterocycles. The van der Waals surface area contributed by atoms with Gasteiger partial charge in [-0.2, -0.15) is 0 Å². The molecule has 0 aromatic carbocycles. The number of aromatic nitrogens is 1. The second-order valence-corrected chi connectivity index (χ2v) is 5.80. The predicted molar refractivity (Wildman–Crippen MR) is 80.3 cm³/mol. The quantitative estimate of drug-likeness (QED) is 0.749. The van der Waals surface area contributed by atoms with Gasteiger partial charge in [-0.3, -0.25) is 9.69 Å². The first-order chi connectivity index (χ1) is 9.56. The Morgan fingerprint density at radius 3 is 2.80 bits per heavy atom. The highest BCUT2D eigenvalue weighted by atomic mass is 16.5. The van der Waals surface area contributed by atoms with Crippen molar-refractivity contribution in [3.05, 3.63) is 23.0 Å². The van der Waals surface area contributed by atoms with Crippen LogP contribution in [0.2, 0.25) is 0 Å². The van der Waals surface area contributed by atoms with Crippen LogP contribution >= 0.6 is 0 Å². The maximum atomic E-state index is 12.5. The van der Waals surface area contributed by atoms with Crippen LogP contribution in [0.4, 0.5) is 0 Å². The van der Waals surface area contributed by atoms with Gasteiger partial charge < -0.3 is 9.30 Å². The third-order valence-corrected chi connectivity index (χ3v) is 4.33. The van der Waals surface area contributed by atoms with Crippen molar-refractivity contribution in [2.24, 2.45) is 5.92 Å². The van der Waals surface area contributed by atoms with Crippen LogP contribution in [0.25, 0.3) is 0 Å². The van der Waals surface area contributed by atoms with E-state index in [1.165, 1.54) is 5.69 Å². The van der Waals surface area contributed by atoms with E-state index in [9.17, 15) is 4.79 Å².